The fourth-order valence-electron chi connectivity index (χ4n) is 3.28. The van der Waals surface area contributed by atoms with E-state index in [1.165, 1.54) is 0 Å². The van der Waals surface area contributed by atoms with Crippen LogP contribution in [-0.4, -0.2) is 36.6 Å². The Hall–Kier alpha value is -2.08. The predicted octanol–water partition coefficient (Wildman–Crippen LogP) is 2.75. The van der Waals surface area contributed by atoms with Gasteiger partial charge < -0.3 is 14.8 Å². The first-order valence-corrected chi connectivity index (χ1v) is 8.70. The molecule has 6 heteroatoms. The Morgan fingerprint density at radius 2 is 2.08 bits per heavy atom. The van der Waals surface area contributed by atoms with E-state index in [0.717, 1.165) is 11.1 Å². The van der Waals surface area contributed by atoms with Gasteiger partial charge in [-0.05, 0) is 17.7 Å². The number of morpholine rings is 1. The molecule has 130 valence electrons. The highest BCUT2D eigenvalue weighted by Gasteiger charge is 2.42. The first kappa shape index (κ1) is 16.4. The summed E-state index contributed by atoms with van der Waals surface area (Å²) in [5, 5.41) is 3.60. The molecular formula is C19H19ClN2O3. The molecule has 2 unspecified atom stereocenters. The van der Waals surface area contributed by atoms with E-state index < -0.39 is 0 Å². The van der Waals surface area contributed by atoms with Crippen molar-refractivity contribution in [3.05, 3.63) is 64.7 Å². The molecule has 2 aromatic rings. The molecule has 4 rings (SSSR count). The Balaban J connectivity index is 1.49. The van der Waals surface area contributed by atoms with Gasteiger partial charge in [-0.25, -0.2) is 0 Å². The van der Waals surface area contributed by atoms with E-state index in [0.29, 0.717) is 37.1 Å². The highest BCUT2D eigenvalue weighted by Crippen LogP contribution is 2.34. The summed E-state index contributed by atoms with van der Waals surface area (Å²) in [6.07, 6.45) is -0.211. The van der Waals surface area contributed by atoms with E-state index in [9.17, 15) is 4.79 Å². The first-order chi connectivity index (χ1) is 12.2. The van der Waals surface area contributed by atoms with Gasteiger partial charge in [-0.1, -0.05) is 48.0 Å². The van der Waals surface area contributed by atoms with Crippen molar-refractivity contribution in [1.29, 1.82) is 0 Å². The number of carbonyl (C=O) groups is 1. The molecule has 1 N–H and O–H groups in total. The van der Waals surface area contributed by atoms with Gasteiger partial charge in [0.15, 0.2) is 0 Å². The minimum absolute atomic E-state index is 0.00910. The number of hydrogen-bond donors (Lipinski definition) is 1. The molecule has 1 amide bonds. The number of amides is 1. The standard InChI is InChI=1S/C19H19ClN2O3/c20-16-10-14(25-11-13-4-2-1-3-5-13)6-7-15(16)18-21-19(23)17-12-24-9-8-22(17)18/h1-7,10,17-18H,8-9,11-12H2,(H,21,23). The van der Waals surface area contributed by atoms with E-state index in [1.54, 1.807) is 6.07 Å². The average molecular weight is 359 g/mol. The van der Waals surface area contributed by atoms with E-state index in [-0.39, 0.29) is 18.1 Å². The van der Waals surface area contributed by atoms with Gasteiger partial charge >= 0.3 is 0 Å². The van der Waals surface area contributed by atoms with Gasteiger partial charge in [-0.3, -0.25) is 9.69 Å². The van der Waals surface area contributed by atoms with Gasteiger partial charge in [0.25, 0.3) is 0 Å². The molecular weight excluding hydrogens is 340 g/mol. The van der Waals surface area contributed by atoms with Crippen LogP contribution < -0.4 is 10.1 Å². The molecule has 2 atom stereocenters. The third kappa shape index (κ3) is 3.35. The molecule has 0 bridgehead atoms. The summed E-state index contributed by atoms with van der Waals surface area (Å²) in [6, 6.07) is 15.4. The second kappa shape index (κ2) is 7.04. The summed E-state index contributed by atoms with van der Waals surface area (Å²) in [6.45, 7) is 2.24. The van der Waals surface area contributed by atoms with Crippen LogP contribution in [0.5, 0.6) is 5.75 Å². The number of halogens is 1. The molecule has 0 radical (unpaired) electrons. The Labute approximate surface area is 151 Å². The van der Waals surface area contributed by atoms with Gasteiger partial charge in [0.2, 0.25) is 5.91 Å². The van der Waals surface area contributed by atoms with Crippen LogP contribution in [0.15, 0.2) is 48.5 Å². The maximum absolute atomic E-state index is 12.1. The van der Waals surface area contributed by atoms with Crippen LogP contribution in [0.3, 0.4) is 0 Å². The van der Waals surface area contributed by atoms with Gasteiger partial charge in [0.1, 0.15) is 24.6 Å². The van der Waals surface area contributed by atoms with E-state index in [4.69, 9.17) is 21.1 Å². The maximum Gasteiger partial charge on any atom is 0.241 e. The Kier molecular flexibility index (Phi) is 4.61. The van der Waals surface area contributed by atoms with Crippen molar-refractivity contribution in [2.24, 2.45) is 0 Å². The summed E-state index contributed by atoms with van der Waals surface area (Å²) in [5.74, 6) is 0.700. The number of nitrogens with one attached hydrogen (secondary N) is 1. The number of benzene rings is 2. The van der Waals surface area contributed by atoms with Crippen molar-refractivity contribution in [1.82, 2.24) is 10.2 Å². The predicted molar refractivity (Wildman–Crippen MR) is 94.4 cm³/mol. The molecule has 2 fully saturated rings. The zero-order valence-electron chi connectivity index (χ0n) is 13.7. The Morgan fingerprint density at radius 3 is 2.88 bits per heavy atom. The molecule has 2 saturated heterocycles. The van der Waals surface area contributed by atoms with Crippen molar-refractivity contribution >= 4 is 17.5 Å². The SMILES string of the molecule is O=C1NC(c2ccc(OCc3ccccc3)cc2Cl)N2CCOCC12. The second-order valence-electron chi connectivity index (χ2n) is 6.20. The maximum atomic E-state index is 12.1. The third-order valence-electron chi connectivity index (χ3n) is 4.60. The van der Waals surface area contributed by atoms with E-state index in [2.05, 4.69) is 10.2 Å². The highest BCUT2D eigenvalue weighted by molar-refractivity contribution is 6.31. The zero-order valence-corrected chi connectivity index (χ0v) is 14.4. The van der Waals surface area contributed by atoms with Crippen LogP contribution in [0.4, 0.5) is 0 Å². The lowest BCUT2D eigenvalue weighted by Crippen LogP contribution is -2.44. The number of nitrogens with zero attached hydrogens (tertiary/aromatic N) is 1. The molecule has 2 aliphatic heterocycles. The lowest BCUT2D eigenvalue weighted by molar-refractivity contribution is -0.125. The molecule has 0 aromatic heterocycles. The summed E-state index contributed by atoms with van der Waals surface area (Å²) in [7, 11) is 0. The molecule has 0 aliphatic carbocycles. The lowest BCUT2D eigenvalue weighted by atomic mass is 10.1. The largest absolute Gasteiger partial charge is 0.489 e. The molecule has 0 spiro atoms. The topological polar surface area (TPSA) is 50.8 Å². The van der Waals surface area contributed by atoms with Gasteiger partial charge in [-0.15, -0.1) is 0 Å². The van der Waals surface area contributed by atoms with Crippen LogP contribution in [-0.2, 0) is 16.1 Å². The average Bonchev–Trinajstić information content (AvgIpc) is 2.98. The summed E-state index contributed by atoms with van der Waals surface area (Å²) >= 11 is 6.48. The summed E-state index contributed by atoms with van der Waals surface area (Å²) in [4.78, 5) is 14.2. The van der Waals surface area contributed by atoms with Crippen LogP contribution in [0.2, 0.25) is 5.02 Å². The Morgan fingerprint density at radius 1 is 1.24 bits per heavy atom. The summed E-state index contributed by atoms with van der Waals surface area (Å²) in [5.41, 5.74) is 1.98. The number of carbonyl (C=O) groups excluding carboxylic acids is 1. The molecule has 5 nitrogen and oxygen atoms in total. The van der Waals surface area contributed by atoms with Crippen LogP contribution in [0.1, 0.15) is 17.3 Å². The van der Waals surface area contributed by atoms with Crippen molar-refractivity contribution in [2.45, 2.75) is 18.8 Å². The molecule has 0 saturated carbocycles. The highest BCUT2D eigenvalue weighted by atomic mass is 35.5. The van der Waals surface area contributed by atoms with Crippen LogP contribution in [0.25, 0.3) is 0 Å². The van der Waals surface area contributed by atoms with E-state index in [1.807, 2.05) is 42.5 Å². The van der Waals surface area contributed by atoms with Crippen molar-refractivity contribution < 1.29 is 14.3 Å². The van der Waals surface area contributed by atoms with Gasteiger partial charge in [-0.2, -0.15) is 0 Å². The van der Waals surface area contributed by atoms with Gasteiger partial charge in [0.05, 0.1) is 18.2 Å². The third-order valence-corrected chi connectivity index (χ3v) is 4.93. The number of rotatable bonds is 4. The number of fused-ring (bicyclic) bond motifs is 1. The summed E-state index contributed by atoms with van der Waals surface area (Å²) < 4.78 is 11.2. The van der Waals surface area contributed by atoms with Crippen LogP contribution >= 0.6 is 11.6 Å². The minimum atomic E-state index is -0.233. The van der Waals surface area contributed by atoms with E-state index >= 15 is 0 Å². The van der Waals surface area contributed by atoms with Crippen LogP contribution in [0, 0.1) is 0 Å². The smallest absolute Gasteiger partial charge is 0.241 e. The van der Waals surface area contributed by atoms with Gasteiger partial charge in [0, 0.05) is 12.1 Å². The normalized spacial score (nSPS) is 23.2. The minimum Gasteiger partial charge on any atom is -0.489 e. The zero-order chi connectivity index (χ0) is 17.2. The second-order valence-corrected chi connectivity index (χ2v) is 6.60. The molecule has 2 aliphatic rings. The Bertz CT molecular complexity index is 769. The first-order valence-electron chi connectivity index (χ1n) is 8.32. The lowest BCUT2D eigenvalue weighted by Gasteiger charge is -2.31. The number of ether oxygens (including phenoxy) is 2. The van der Waals surface area contributed by atoms with Crippen molar-refractivity contribution in [2.75, 3.05) is 19.8 Å². The fraction of sp³-hybridized carbons (Fsp3) is 0.316. The number of hydrogen-bond acceptors (Lipinski definition) is 4. The molecule has 25 heavy (non-hydrogen) atoms. The molecule has 2 aromatic carbocycles. The van der Waals surface area contributed by atoms with Crippen molar-refractivity contribution in [3.8, 4) is 5.75 Å². The quantitative estimate of drug-likeness (QED) is 0.913. The monoisotopic (exact) mass is 358 g/mol. The van der Waals surface area contributed by atoms with Crippen molar-refractivity contribution in [3.63, 3.8) is 0 Å². The molecule has 2 heterocycles. The fourth-order valence-corrected chi connectivity index (χ4v) is 3.56.